The summed E-state index contributed by atoms with van der Waals surface area (Å²) in [5, 5.41) is 11.2. The summed E-state index contributed by atoms with van der Waals surface area (Å²) in [6.45, 7) is 1.68. The van der Waals surface area contributed by atoms with Gasteiger partial charge in [0.15, 0.2) is 0 Å². The molecule has 1 unspecified atom stereocenters. The quantitative estimate of drug-likeness (QED) is 0.490. The second kappa shape index (κ2) is 8.19. The lowest BCUT2D eigenvalue weighted by molar-refractivity contribution is 0.193. The van der Waals surface area contributed by atoms with E-state index >= 15 is 0 Å². The van der Waals surface area contributed by atoms with Crippen LogP contribution in [0, 0.1) is 0 Å². The van der Waals surface area contributed by atoms with Crippen molar-refractivity contribution in [3.8, 4) is 0 Å². The van der Waals surface area contributed by atoms with Gasteiger partial charge in [-0.3, -0.25) is 13.6 Å². The largest absolute Gasteiger partial charge is 0.482 e. The second-order valence-electron chi connectivity index (χ2n) is 3.14. The molecule has 0 aliphatic rings. The highest BCUT2D eigenvalue weighted by atomic mass is 31.3. The molecule has 0 aromatic heterocycles. The Morgan fingerprint density at radius 2 is 1.78 bits per heavy atom. The van der Waals surface area contributed by atoms with Gasteiger partial charge in [-0.1, -0.05) is 11.6 Å². The normalized spacial score (nSPS) is 16.6. The average molecular weight is 303 g/mol. The summed E-state index contributed by atoms with van der Waals surface area (Å²) in [5.74, 6) is 0. The van der Waals surface area contributed by atoms with Gasteiger partial charge < -0.3 is 5.11 Å². The van der Waals surface area contributed by atoms with Gasteiger partial charge in [-0.05, 0) is 6.92 Å². The minimum absolute atomic E-state index is 0.102. The van der Waals surface area contributed by atoms with Gasteiger partial charge in [-0.15, -0.1) is 0 Å². The van der Waals surface area contributed by atoms with Crippen LogP contribution in [-0.2, 0) is 27.0 Å². The Balaban J connectivity index is 4.63. The zero-order chi connectivity index (χ0) is 14.2. The van der Waals surface area contributed by atoms with E-state index in [0.717, 1.165) is 21.3 Å². The van der Waals surface area contributed by atoms with Crippen molar-refractivity contribution in [1.29, 1.82) is 0 Å². The van der Waals surface area contributed by atoms with Gasteiger partial charge in [0.2, 0.25) is 0 Å². The van der Waals surface area contributed by atoms with Crippen LogP contribution < -0.4 is 5.09 Å². The van der Waals surface area contributed by atoms with E-state index in [1.807, 2.05) is 0 Å². The molecule has 0 saturated carbocycles. The Morgan fingerprint density at radius 1 is 1.22 bits per heavy atom. The third-order valence-corrected chi connectivity index (χ3v) is 5.48. The van der Waals surface area contributed by atoms with Crippen molar-refractivity contribution in [1.82, 2.24) is 5.09 Å². The van der Waals surface area contributed by atoms with Crippen molar-refractivity contribution < 1.29 is 32.1 Å². The number of phosphoric acid groups is 1. The van der Waals surface area contributed by atoms with Crippen molar-refractivity contribution in [3.05, 3.63) is 11.6 Å². The molecule has 0 radical (unpaired) electrons. The minimum atomic E-state index is -3.91. The lowest BCUT2D eigenvalue weighted by atomic mass is 10.3. The van der Waals surface area contributed by atoms with Crippen molar-refractivity contribution in [2.45, 2.75) is 6.92 Å². The summed E-state index contributed by atoms with van der Waals surface area (Å²) in [7, 11) is -4.40. The fourth-order valence-corrected chi connectivity index (χ4v) is 3.47. The average Bonchev–Trinajstić information content (AvgIpc) is 2.38. The fourth-order valence-electron chi connectivity index (χ4n) is 0.796. The zero-order valence-corrected chi connectivity index (χ0v) is 12.6. The van der Waals surface area contributed by atoms with E-state index in [1.54, 1.807) is 13.0 Å². The van der Waals surface area contributed by atoms with Gasteiger partial charge in [0.1, 0.15) is 0 Å². The van der Waals surface area contributed by atoms with Gasteiger partial charge in [-0.25, -0.2) is 14.2 Å². The predicted octanol–water partition coefficient (Wildman–Crippen LogP) is 1.69. The molecule has 0 aromatic rings. The van der Waals surface area contributed by atoms with E-state index in [0.29, 0.717) is 5.57 Å². The summed E-state index contributed by atoms with van der Waals surface area (Å²) in [6, 6.07) is 0. The summed E-state index contributed by atoms with van der Waals surface area (Å²) in [6.07, 6.45) is 1.58. The summed E-state index contributed by atoms with van der Waals surface area (Å²) in [5.41, 5.74) is 0.673. The maximum Gasteiger partial charge on any atom is 0.482 e. The fraction of sp³-hybridized carbons (Fsp3) is 0.750. The molecule has 0 bridgehead atoms. The van der Waals surface area contributed by atoms with Gasteiger partial charge in [-0.2, -0.15) is 4.31 Å². The smallest absolute Gasteiger partial charge is 0.392 e. The molecule has 0 heterocycles. The maximum atomic E-state index is 12.0. The summed E-state index contributed by atoms with van der Waals surface area (Å²) >= 11 is 0. The molecule has 108 valence electrons. The Morgan fingerprint density at radius 3 is 2.17 bits per heavy atom. The van der Waals surface area contributed by atoms with E-state index in [2.05, 4.69) is 18.7 Å². The summed E-state index contributed by atoms with van der Waals surface area (Å²) in [4.78, 5) is 0. The van der Waals surface area contributed by atoms with Crippen molar-refractivity contribution >= 4 is 15.6 Å². The van der Waals surface area contributed by atoms with Gasteiger partial charge in [0, 0.05) is 27.9 Å². The molecule has 0 fully saturated rings. The molecule has 10 heteroatoms. The molecule has 18 heavy (non-hydrogen) atoms. The third-order valence-electron chi connectivity index (χ3n) is 1.88. The van der Waals surface area contributed by atoms with Crippen LogP contribution >= 0.6 is 15.6 Å². The van der Waals surface area contributed by atoms with E-state index in [4.69, 9.17) is 9.42 Å². The van der Waals surface area contributed by atoms with E-state index in [1.165, 1.54) is 0 Å². The van der Waals surface area contributed by atoms with E-state index < -0.39 is 15.6 Å². The molecule has 0 rings (SSSR count). The number of hydrogen-bond acceptors (Lipinski definition) is 7. The molecule has 0 saturated heterocycles. The van der Waals surface area contributed by atoms with Crippen molar-refractivity contribution in [2.24, 2.45) is 0 Å². The molecule has 0 amide bonds. The number of hydrogen-bond donors (Lipinski definition) is 2. The molecular weight excluding hydrogens is 284 g/mol. The van der Waals surface area contributed by atoms with Crippen molar-refractivity contribution in [3.63, 3.8) is 0 Å². The van der Waals surface area contributed by atoms with Crippen molar-refractivity contribution in [2.75, 3.05) is 34.5 Å². The molecule has 1 atom stereocenters. The monoisotopic (exact) mass is 303 g/mol. The second-order valence-corrected chi connectivity index (χ2v) is 7.10. The topological polar surface area (TPSA) is 103 Å². The maximum absolute atomic E-state index is 12.0. The molecule has 2 N–H and O–H groups in total. The van der Waals surface area contributed by atoms with Gasteiger partial charge >= 0.3 is 15.6 Å². The first kappa shape index (κ1) is 18.0. The van der Waals surface area contributed by atoms with Crippen LogP contribution in [-0.4, -0.2) is 39.6 Å². The Hall–Kier alpha value is -0.0400. The first-order chi connectivity index (χ1) is 8.34. The molecule has 0 aromatic carbocycles. The lowest BCUT2D eigenvalue weighted by Crippen LogP contribution is -2.14. The lowest BCUT2D eigenvalue weighted by Gasteiger charge is -2.20. The molecular formula is C8H19NO7P2. The van der Waals surface area contributed by atoms with Gasteiger partial charge in [0.05, 0.1) is 6.61 Å². The Kier molecular flexibility index (Phi) is 8.18. The number of phosphoric ester groups is 1. The van der Waals surface area contributed by atoms with Crippen LogP contribution in [0.15, 0.2) is 11.6 Å². The number of rotatable bonds is 9. The Labute approximate surface area is 106 Å². The van der Waals surface area contributed by atoms with Crippen LogP contribution in [0.1, 0.15) is 6.92 Å². The molecule has 0 spiro atoms. The minimum Gasteiger partial charge on any atom is -0.392 e. The van der Waals surface area contributed by atoms with Crippen LogP contribution in [0.3, 0.4) is 0 Å². The first-order valence-corrected chi connectivity index (χ1v) is 7.95. The van der Waals surface area contributed by atoms with Crippen LogP contribution in [0.4, 0.5) is 0 Å². The van der Waals surface area contributed by atoms with E-state index in [-0.39, 0.29) is 13.2 Å². The number of aliphatic hydroxyl groups is 1. The third kappa shape index (κ3) is 6.22. The first-order valence-electron chi connectivity index (χ1n) is 4.95. The highest BCUT2D eigenvalue weighted by Gasteiger charge is 2.36. The molecule has 0 aliphatic carbocycles. The number of nitrogens with one attached hydrogen (secondary N) is 1. The standard InChI is InChI=1S/C8H19NO7P2/c1-8(7-10)5-6-9-17(11,13-2)16-18(12,14-3)15-4/h5,10H,6-7H2,1-4H3,(H,9,11)/b8-5+. The van der Waals surface area contributed by atoms with Gasteiger partial charge in [0.25, 0.3) is 0 Å². The summed E-state index contributed by atoms with van der Waals surface area (Å²) < 4.78 is 42.0. The van der Waals surface area contributed by atoms with Crippen LogP contribution in [0.25, 0.3) is 0 Å². The Bertz CT molecular complexity index is 362. The molecule has 0 aliphatic heterocycles. The van der Waals surface area contributed by atoms with Crippen LogP contribution in [0.5, 0.6) is 0 Å². The number of aliphatic hydroxyl groups excluding tert-OH is 1. The zero-order valence-electron chi connectivity index (χ0n) is 10.8. The SMILES string of the molecule is COP(=O)(NC/C=C(\C)CO)OP(=O)(OC)OC. The highest BCUT2D eigenvalue weighted by Crippen LogP contribution is 2.62. The molecule has 8 nitrogen and oxygen atoms in total. The highest BCUT2D eigenvalue weighted by molar-refractivity contribution is 7.63. The van der Waals surface area contributed by atoms with Crippen LogP contribution in [0.2, 0.25) is 0 Å². The van der Waals surface area contributed by atoms with E-state index in [9.17, 15) is 9.13 Å². The predicted molar refractivity (Wildman–Crippen MR) is 66.2 cm³/mol.